The predicted octanol–water partition coefficient (Wildman–Crippen LogP) is 1.85. The van der Waals surface area contributed by atoms with Crippen molar-refractivity contribution >= 4 is 17.6 Å². The third-order valence-corrected chi connectivity index (χ3v) is 3.60. The van der Waals surface area contributed by atoms with Gasteiger partial charge in [-0.3, -0.25) is 0 Å². The number of rotatable bonds is 4. The summed E-state index contributed by atoms with van der Waals surface area (Å²) >= 11 is 1.86. The van der Waals surface area contributed by atoms with E-state index in [1.807, 2.05) is 30.1 Å². The van der Waals surface area contributed by atoms with Gasteiger partial charge in [-0.15, -0.1) is 11.8 Å². The zero-order valence-electron chi connectivity index (χ0n) is 8.85. The number of pyridine rings is 1. The number of nitrogens with zero attached hydrogens (tertiary/aromatic N) is 2. The summed E-state index contributed by atoms with van der Waals surface area (Å²) in [5.74, 6) is 1.74. The van der Waals surface area contributed by atoms with Gasteiger partial charge in [0.1, 0.15) is 5.82 Å². The van der Waals surface area contributed by atoms with E-state index in [1.54, 1.807) is 0 Å². The highest BCUT2D eigenvalue weighted by Gasteiger charge is 2.10. The molecule has 1 aromatic rings. The molecule has 0 aliphatic carbocycles. The van der Waals surface area contributed by atoms with Gasteiger partial charge in [0.2, 0.25) is 0 Å². The number of hydrogen-bond donors (Lipinski definition) is 1. The quantitative estimate of drug-likeness (QED) is 0.791. The van der Waals surface area contributed by atoms with E-state index >= 15 is 0 Å². The second-order valence-corrected chi connectivity index (χ2v) is 4.98. The molecule has 0 unspecified atom stereocenters. The van der Waals surface area contributed by atoms with E-state index in [9.17, 15) is 0 Å². The van der Waals surface area contributed by atoms with Gasteiger partial charge in [0.05, 0.1) is 0 Å². The molecular weight excluding hydrogens is 206 g/mol. The van der Waals surface area contributed by atoms with Crippen molar-refractivity contribution in [1.29, 1.82) is 0 Å². The van der Waals surface area contributed by atoms with Crippen molar-refractivity contribution in [3.8, 4) is 0 Å². The largest absolute Gasteiger partial charge is 0.384 e. The molecule has 1 aliphatic rings. The van der Waals surface area contributed by atoms with Crippen molar-refractivity contribution < 1.29 is 0 Å². The molecule has 0 bridgehead atoms. The highest BCUT2D eigenvalue weighted by atomic mass is 32.2. The molecule has 2 N–H and O–H groups in total. The number of aromatic nitrogens is 1. The standard InChI is InChI=1S/C11H17N3S/c12-11-4-3-10(9-13-11)15-8-7-14-5-1-2-6-14/h3-4,9H,1-2,5-8H2,(H2,12,13). The molecule has 0 amide bonds. The Morgan fingerprint density at radius 1 is 1.33 bits per heavy atom. The van der Waals surface area contributed by atoms with Gasteiger partial charge in [-0.2, -0.15) is 0 Å². The Bertz CT molecular complexity index is 293. The maximum atomic E-state index is 5.53. The Kier molecular flexibility index (Phi) is 3.86. The molecule has 0 saturated carbocycles. The highest BCUT2D eigenvalue weighted by Crippen LogP contribution is 2.18. The molecule has 1 fully saturated rings. The third-order valence-electron chi connectivity index (χ3n) is 2.63. The van der Waals surface area contributed by atoms with Crippen LogP contribution in [0.5, 0.6) is 0 Å². The van der Waals surface area contributed by atoms with Crippen molar-refractivity contribution in [2.24, 2.45) is 0 Å². The van der Waals surface area contributed by atoms with Crippen molar-refractivity contribution in [3.05, 3.63) is 18.3 Å². The minimum absolute atomic E-state index is 0.596. The molecule has 4 heteroatoms. The SMILES string of the molecule is Nc1ccc(SCCN2CCCC2)cn1. The van der Waals surface area contributed by atoms with Crippen LogP contribution in [0.1, 0.15) is 12.8 Å². The fraction of sp³-hybridized carbons (Fsp3) is 0.545. The van der Waals surface area contributed by atoms with Crippen molar-refractivity contribution in [2.45, 2.75) is 17.7 Å². The Morgan fingerprint density at radius 3 is 2.80 bits per heavy atom. The lowest BCUT2D eigenvalue weighted by atomic mass is 10.4. The molecule has 0 spiro atoms. The molecular formula is C11H17N3S. The summed E-state index contributed by atoms with van der Waals surface area (Å²) in [6.45, 7) is 3.75. The number of nitrogen functional groups attached to an aromatic ring is 1. The molecule has 1 aliphatic heterocycles. The van der Waals surface area contributed by atoms with E-state index in [-0.39, 0.29) is 0 Å². The normalized spacial score (nSPS) is 17.1. The van der Waals surface area contributed by atoms with Crippen molar-refractivity contribution in [3.63, 3.8) is 0 Å². The lowest BCUT2D eigenvalue weighted by Crippen LogP contribution is -2.21. The Morgan fingerprint density at radius 2 is 2.13 bits per heavy atom. The van der Waals surface area contributed by atoms with Crippen LogP contribution in [0.2, 0.25) is 0 Å². The predicted molar refractivity (Wildman–Crippen MR) is 65.0 cm³/mol. The van der Waals surface area contributed by atoms with Crippen LogP contribution in [0.15, 0.2) is 23.2 Å². The van der Waals surface area contributed by atoms with Gasteiger partial charge in [0, 0.05) is 23.4 Å². The second kappa shape index (κ2) is 5.37. The fourth-order valence-corrected chi connectivity index (χ4v) is 2.65. The first-order chi connectivity index (χ1) is 7.34. The first-order valence-electron chi connectivity index (χ1n) is 5.41. The average Bonchev–Trinajstić information content (AvgIpc) is 2.74. The summed E-state index contributed by atoms with van der Waals surface area (Å²) in [5, 5.41) is 0. The van der Waals surface area contributed by atoms with Gasteiger partial charge in [0.25, 0.3) is 0 Å². The molecule has 0 atom stereocenters. The highest BCUT2D eigenvalue weighted by molar-refractivity contribution is 7.99. The molecule has 2 rings (SSSR count). The fourth-order valence-electron chi connectivity index (χ4n) is 1.78. The van der Waals surface area contributed by atoms with E-state index in [1.165, 1.54) is 37.4 Å². The number of likely N-dealkylation sites (tertiary alicyclic amines) is 1. The molecule has 2 heterocycles. The van der Waals surface area contributed by atoms with E-state index < -0.39 is 0 Å². The molecule has 0 radical (unpaired) electrons. The zero-order valence-corrected chi connectivity index (χ0v) is 9.67. The lowest BCUT2D eigenvalue weighted by Gasteiger charge is -2.13. The summed E-state index contributed by atoms with van der Waals surface area (Å²) in [5.41, 5.74) is 5.53. The number of nitrogens with two attached hydrogens (primary N) is 1. The number of hydrogen-bond acceptors (Lipinski definition) is 4. The maximum Gasteiger partial charge on any atom is 0.123 e. The molecule has 1 aromatic heterocycles. The minimum atomic E-state index is 0.596. The second-order valence-electron chi connectivity index (χ2n) is 3.82. The van der Waals surface area contributed by atoms with Gasteiger partial charge in [-0.1, -0.05) is 0 Å². The average molecular weight is 223 g/mol. The monoisotopic (exact) mass is 223 g/mol. The van der Waals surface area contributed by atoms with Crippen LogP contribution in [-0.4, -0.2) is 35.3 Å². The van der Waals surface area contributed by atoms with Crippen molar-refractivity contribution in [2.75, 3.05) is 31.1 Å². The zero-order chi connectivity index (χ0) is 10.5. The Balaban J connectivity index is 1.71. The van der Waals surface area contributed by atoms with E-state index in [0.717, 1.165) is 5.75 Å². The number of thioether (sulfide) groups is 1. The topological polar surface area (TPSA) is 42.1 Å². The van der Waals surface area contributed by atoms with Crippen LogP contribution in [0.25, 0.3) is 0 Å². The summed E-state index contributed by atoms with van der Waals surface area (Å²) in [6.07, 6.45) is 4.59. The van der Waals surface area contributed by atoms with Crippen molar-refractivity contribution in [1.82, 2.24) is 9.88 Å². The summed E-state index contributed by atoms with van der Waals surface area (Å²) in [4.78, 5) is 7.81. The third kappa shape index (κ3) is 3.39. The molecule has 0 aromatic carbocycles. The van der Waals surface area contributed by atoms with Crippen LogP contribution in [0.4, 0.5) is 5.82 Å². The van der Waals surface area contributed by atoms with Gasteiger partial charge in [-0.05, 0) is 38.1 Å². The summed E-state index contributed by atoms with van der Waals surface area (Å²) in [6, 6.07) is 3.90. The number of anilines is 1. The van der Waals surface area contributed by atoms with Gasteiger partial charge in [0.15, 0.2) is 0 Å². The smallest absolute Gasteiger partial charge is 0.123 e. The van der Waals surface area contributed by atoms with Gasteiger partial charge in [-0.25, -0.2) is 4.98 Å². The Hall–Kier alpha value is -0.740. The van der Waals surface area contributed by atoms with Crippen LogP contribution in [-0.2, 0) is 0 Å². The van der Waals surface area contributed by atoms with Crippen LogP contribution in [0, 0.1) is 0 Å². The molecule has 15 heavy (non-hydrogen) atoms. The minimum Gasteiger partial charge on any atom is -0.384 e. The summed E-state index contributed by atoms with van der Waals surface area (Å²) in [7, 11) is 0. The van der Waals surface area contributed by atoms with Gasteiger partial charge < -0.3 is 10.6 Å². The molecule has 82 valence electrons. The lowest BCUT2D eigenvalue weighted by molar-refractivity contribution is 0.362. The Labute approximate surface area is 95.1 Å². The first kappa shape index (κ1) is 10.8. The van der Waals surface area contributed by atoms with E-state index in [4.69, 9.17) is 5.73 Å². The first-order valence-corrected chi connectivity index (χ1v) is 6.40. The van der Waals surface area contributed by atoms with E-state index in [2.05, 4.69) is 9.88 Å². The summed E-state index contributed by atoms with van der Waals surface area (Å²) < 4.78 is 0. The van der Waals surface area contributed by atoms with Crippen LogP contribution < -0.4 is 5.73 Å². The maximum absolute atomic E-state index is 5.53. The van der Waals surface area contributed by atoms with Gasteiger partial charge >= 0.3 is 0 Å². The van der Waals surface area contributed by atoms with Crippen LogP contribution >= 0.6 is 11.8 Å². The van der Waals surface area contributed by atoms with E-state index in [0.29, 0.717) is 5.82 Å². The molecule has 1 saturated heterocycles. The van der Waals surface area contributed by atoms with Crippen LogP contribution in [0.3, 0.4) is 0 Å². The molecule has 3 nitrogen and oxygen atoms in total.